The van der Waals surface area contributed by atoms with Gasteiger partial charge in [-0.1, -0.05) is 11.6 Å². The second kappa shape index (κ2) is 4.48. The van der Waals surface area contributed by atoms with Gasteiger partial charge < -0.3 is 14.7 Å². The average Bonchev–Trinajstić information content (AvgIpc) is 1.58. The zero-order chi connectivity index (χ0) is 8.15. The first kappa shape index (κ1) is 9.67. The third-order valence-corrected chi connectivity index (χ3v) is 0.712. The van der Waals surface area contributed by atoms with E-state index >= 15 is 0 Å². The predicted octanol–water partition coefficient (Wildman–Crippen LogP) is -0.576. The van der Waals surface area contributed by atoms with Crippen molar-refractivity contribution in [3.05, 3.63) is 0 Å². The lowest BCUT2D eigenvalue weighted by atomic mass is 10.2. The summed E-state index contributed by atoms with van der Waals surface area (Å²) in [6.07, 6.45) is -0.695. The molecule has 0 saturated carbocycles. The SMILES string of the molecule is O=C(CC(F)Cl)OB(O)O. The molecule has 0 spiro atoms. The number of rotatable bonds is 3. The van der Waals surface area contributed by atoms with E-state index in [4.69, 9.17) is 21.6 Å². The number of carbonyl (C=O) groups excluding carboxylic acids is 1. The zero-order valence-corrected chi connectivity index (χ0v) is 5.58. The van der Waals surface area contributed by atoms with Crippen molar-refractivity contribution in [3.8, 4) is 0 Å². The van der Waals surface area contributed by atoms with E-state index in [1.165, 1.54) is 0 Å². The second-order valence-corrected chi connectivity index (χ2v) is 1.88. The first-order chi connectivity index (χ1) is 4.52. The minimum absolute atomic E-state index is 0.695. The van der Waals surface area contributed by atoms with Crippen LogP contribution in [0.15, 0.2) is 0 Å². The van der Waals surface area contributed by atoms with Gasteiger partial charge in [0.1, 0.15) is 0 Å². The molecule has 0 fully saturated rings. The summed E-state index contributed by atoms with van der Waals surface area (Å²) < 4.78 is 15.4. The molecule has 58 valence electrons. The van der Waals surface area contributed by atoms with Crippen molar-refractivity contribution in [2.45, 2.75) is 12.1 Å². The summed E-state index contributed by atoms with van der Waals surface area (Å²) in [4.78, 5) is 10.2. The van der Waals surface area contributed by atoms with E-state index in [0.717, 1.165) is 0 Å². The Hall–Kier alpha value is -0.325. The van der Waals surface area contributed by atoms with Crippen LogP contribution >= 0.6 is 11.6 Å². The van der Waals surface area contributed by atoms with Gasteiger partial charge in [0, 0.05) is 0 Å². The molecule has 0 heterocycles. The third kappa shape index (κ3) is 5.81. The van der Waals surface area contributed by atoms with E-state index in [2.05, 4.69) is 4.65 Å². The number of halogens is 2. The molecule has 0 aliphatic rings. The van der Waals surface area contributed by atoms with E-state index in [1.54, 1.807) is 0 Å². The first-order valence-electron chi connectivity index (χ1n) is 2.36. The van der Waals surface area contributed by atoms with Crippen molar-refractivity contribution >= 4 is 24.9 Å². The Morgan fingerprint density at radius 1 is 1.80 bits per heavy atom. The minimum atomic E-state index is -2.21. The van der Waals surface area contributed by atoms with Gasteiger partial charge in [-0.25, -0.2) is 4.39 Å². The van der Waals surface area contributed by atoms with Gasteiger partial charge in [-0.2, -0.15) is 0 Å². The Labute approximate surface area is 61.7 Å². The van der Waals surface area contributed by atoms with Crippen molar-refractivity contribution in [2.24, 2.45) is 0 Å². The Morgan fingerprint density at radius 3 is 2.60 bits per heavy atom. The number of alkyl halides is 2. The van der Waals surface area contributed by atoms with Gasteiger partial charge in [-0.15, -0.1) is 0 Å². The highest BCUT2D eigenvalue weighted by molar-refractivity contribution is 6.35. The van der Waals surface area contributed by atoms with Gasteiger partial charge in [0.2, 0.25) is 0 Å². The number of carbonyl (C=O) groups is 1. The maximum atomic E-state index is 11.7. The van der Waals surface area contributed by atoms with Gasteiger partial charge in [0.25, 0.3) is 5.97 Å². The molecule has 1 unspecified atom stereocenters. The van der Waals surface area contributed by atoms with Gasteiger partial charge >= 0.3 is 7.32 Å². The molecule has 0 aromatic rings. The van der Waals surface area contributed by atoms with Crippen LogP contribution in [0.4, 0.5) is 4.39 Å². The van der Waals surface area contributed by atoms with Crippen LogP contribution in [-0.2, 0) is 9.45 Å². The van der Waals surface area contributed by atoms with E-state index in [1.807, 2.05) is 0 Å². The Balaban J connectivity index is 3.44. The van der Waals surface area contributed by atoms with Crippen LogP contribution in [0.5, 0.6) is 0 Å². The van der Waals surface area contributed by atoms with Crippen molar-refractivity contribution < 1.29 is 23.9 Å². The molecule has 0 aliphatic heterocycles. The Bertz CT molecular complexity index is 107. The summed E-state index contributed by atoms with van der Waals surface area (Å²) >= 11 is 4.73. The molecule has 0 bridgehead atoms. The molecular formula is C3H5BClFO4. The maximum Gasteiger partial charge on any atom is 0.709 e. The van der Waals surface area contributed by atoms with Gasteiger partial charge in [-0.05, 0) is 0 Å². The second-order valence-electron chi connectivity index (χ2n) is 1.41. The first-order valence-corrected chi connectivity index (χ1v) is 2.80. The van der Waals surface area contributed by atoms with E-state index in [-0.39, 0.29) is 0 Å². The fourth-order valence-corrected chi connectivity index (χ4v) is 0.418. The van der Waals surface area contributed by atoms with Crippen LogP contribution in [0, 0.1) is 0 Å². The fourth-order valence-electron chi connectivity index (χ4n) is 0.292. The van der Waals surface area contributed by atoms with E-state index in [0.29, 0.717) is 0 Å². The molecule has 7 heteroatoms. The van der Waals surface area contributed by atoms with Crippen LogP contribution in [0.3, 0.4) is 0 Å². The van der Waals surface area contributed by atoms with Crippen molar-refractivity contribution in [1.82, 2.24) is 0 Å². The van der Waals surface area contributed by atoms with E-state index in [9.17, 15) is 9.18 Å². The molecule has 0 radical (unpaired) electrons. The van der Waals surface area contributed by atoms with Crippen LogP contribution in [-0.4, -0.2) is 29.0 Å². The summed E-state index contributed by atoms with van der Waals surface area (Å²) in [5.74, 6) is -1.10. The molecule has 10 heavy (non-hydrogen) atoms. The van der Waals surface area contributed by atoms with Crippen molar-refractivity contribution in [3.63, 3.8) is 0 Å². The molecule has 0 amide bonds. The molecule has 0 aromatic carbocycles. The summed E-state index contributed by atoms with van der Waals surface area (Å²) in [5, 5.41) is 16.0. The molecule has 2 N–H and O–H groups in total. The van der Waals surface area contributed by atoms with Crippen LogP contribution in [0.1, 0.15) is 6.42 Å². The lowest BCUT2D eigenvalue weighted by Crippen LogP contribution is -2.22. The van der Waals surface area contributed by atoms with Gasteiger partial charge in [-0.3, -0.25) is 4.79 Å². The predicted molar refractivity (Wildman–Crippen MR) is 31.6 cm³/mol. The van der Waals surface area contributed by atoms with Gasteiger partial charge in [0.05, 0.1) is 6.42 Å². The minimum Gasteiger partial charge on any atom is -0.485 e. The lowest BCUT2D eigenvalue weighted by Gasteiger charge is -2.01. The van der Waals surface area contributed by atoms with Crippen LogP contribution in [0.25, 0.3) is 0 Å². The molecule has 0 saturated heterocycles. The van der Waals surface area contributed by atoms with Gasteiger partial charge in [0.15, 0.2) is 5.63 Å². The summed E-state index contributed by atoms with van der Waals surface area (Å²) in [5.41, 5.74) is -1.86. The molecule has 0 aromatic heterocycles. The van der Waals surface area contributed by atoms with E-state index < -0.39 is 25.3 Å². The van der Waals surface area contributed by atoms with Crippen molar-refractivity contribution in [2.75, 3.05) is 0 Å². The summed E-state index contributed by atoms with van der Waals surface area (Å²) in [7, 11) is -2.21. The molecule has 4 nitrogen and oxygen atoms in total. The smallest absolute Gasteiger partial charge is 0.485 e. The standard InChI is InChI=1S/C3H5BClFO4/c5-2(6)1-3(7)10-4(8)9/h2,8-9H,1H2. The van der Waals surface area contributed by atoms with Crippen LogP contribution in [0.2, 0.25) is 0 Å². The molecule has 0 aliphatic carbocycles. The molecule has 1 atom stereocenters. The fraction of sp³-hybridized carbons (Fsp3) is 0.667. The summed E-state index contributed by atoms with van der Waals surface area (Å²) in [6.45, 7) is 0. The van der Waals surface area contributed by atoms with Crippen LogP contribution < -0.4 is 0 Å². The number of hydrogen-bond acceptors (Lipinski definition) is 4. The normalized spacial score (nSPS) is 12.4. The highest BCUT2D eigenvalue weighted by Crippen LogP contribution is 2.03. The average molecular weight is 170 g/mol. The molecular weight excluding hydrogens is 165 g/mol. The topological polar surface area (TPSA) is 66.8 Å². The Morgan fingerprint density at radius 2 is 2.30 bits per heavy atom. The highest BCUT2D eigenvalue weighted by Gasteiger charge is 2.18. The lowest BCUT2D eigenvalue weighted by molar-refractivity contribution is -0.137. The highest BCUT2D eigenvalue weighted by atomic mass is 35.5. The Kier molecular flexibility index (Phi) is 4.34. The zero-order valence-electron chi connectivity index (χ0n) is 4.83. The maximum absolute atomic E-state index is 11.7. The number of hydrogen-bond donors (Lipinski definition) is 2. The monoisotopic (exact) mass is 170 g/mol. The summed E-state index contributed by atoms with van der Waals surface area (Å²) in [6, 6.07) is 0. The quantitative estimate of drug-likeness (QED) is 0.439. The van der Waals surface area contributed by atoms with Crippen molar-refractivity contribution in [1.29, 1.82) is 0 Å². The largest absolute Gasteiger partial charge is 0.709 e. The third-order valence-electron chi connectivity index (χ3n) is 0.558. The molecule has 0 rings (SSSR count).